The number of carbonyl (C=O) groups is 1. The van der Waals surface area contributed by atoms with Gasteiger partial charge in [0.2, 0.25) is 5.91 Å². The molecule has 3 N–H and O–H groups in total. The van der Waals surface area contributed by atoms with E-state index in [2.05, 4.69) is 10.3 Å². The zero-order chi connectivity index (χ0) is 12.0. The molecule has 0 radical (unpaired) electrons. The molecule has 0 spiro atoms. The molecule has 5 nitrogen and oxygen atoms in total. The van der Waals surface area contributed by atoms with Crippen molar-refractivity contribution in [1.82, 2.24) is 10.3 Å². The molecular formula is C9H12N4OS2. The predicted molar refractivity (Wildman–Crippen MR) is 65.2 cm³/mol. The van der Waals surface area contributed by atoms with Crippen LogP contribution in [-0.4, -0.2) is 23.2 Å². The summed E-state index contributed by atoms with van der Waals surface area (Å²) in [4.78, 5) is 15.4. The number of nitriles is 1. The highest BCUT2D eigenvalue weighted by Gasteiger charge is 2.08. The SMILES string of the molecule is Cc1nc(N)sc1SCC(=O)NCCC#N. The molecule has 16 heavy (non-hydrogen) atoms. The van der Waals surface area contributed by atoms with Gasteiger partial charge < -0.3 is 11.1 Å². The largest absolute Gasteiger partial charge is 0.375 e. The van der Waals surface area contributed by atoms with Crippen LogP contribution in [0, 0.1) is 18.3 Å². The molecule has 0 aliphatic carbocycles. The first-order valence-electron chi connectivity index (χ1n) is 4.63. The Morgan fingerprint density at radius 1 is 1.75 bits per heavy atom. The van der Waals surface area contributed by atoms with E-state index in [-0.39, 0.29) is 5.91 Å². The molecule has 0 atom stereocenters. The van der Waals surface area contributed by atoms with Crippen LogP contribution in [0.2, 0.25) is 0 Å². The van der Waals surface area contributed by atoms with E-state index in [0.717, 1.165) is 9.90 Å². The molecule has 86 valence electrons. The van der Waals surface area contributed by atoms with E-state index in [4.69, 9.17) is 11.0 Å². The molecule has 0 bridgehead atoms. The summed E-state index contributed by atoms with van der Waals surface area (Å²) in [5, 5.41) is 11.5. The van der Waals surface area contributed by atoms with Crippen molar-refractivity contribution in [3.63, 3.8) is 0 Å². The van der Waals surface area contributed by atoms with Crippen LogP contribution >= 0.6 is 23.1 Å². The fourth-order valence-electron chi connectivity index (χ4n) is 0.976. The van der Waals surface area contributed by atoms with E-state index in [1.165, 1.54) is 23.1 Å². The zero-order valence-electron chi connectivity index (χ0n) is 8.82. The van der Waals surface area contributed by atoms with E-state index < -0.39 is 0 Å². The van der Waals surface area contributed by atoms with Crippen molar-refractivity contribution in [1.29, 1.82) is 5.26 Å². The van der Waals surface area contributed by atoms with E-state index in [9.17, 15) is 4.79 Å². The van der Waals surface area contributed by atoms with Crippen LogP contribution in [0.25, 0.3) is 0 Å². The van der Waals surface area contributed by atoms with Gasteiger partial charge in [-0.3, -0.25) is 4.79 Å². The summed E-state index contributed by atoms with van der Waals surface area (Å²) in [5.41, 5.74) is 6.40. The standard InChI is InChI=1S/C9H12N4OS2/c1-6-8(16-9(11)13-6)15-5-7(14)12-4-2-3-10/h2,4-5H2,1H3,(H2,11,13)(H,12,14). The van der Waals surface area contributed by atoms with Gasteiger partial charge in [0.05, 0.1) is 28.1 Å². The van der Waals surface area contributed by atoms with Gasteiger partial charge in [0.25, 0.3) is 0 Å². The third-order valence-corrected chi connectivity index (χ3v) is 4.01. The summed E-state index contributed by atoms with van der Waals surface area (Å²) >= 11 is 2.80. The Morgan fingerprint density at radius 3 is 3.06 bits per heavy atom. The lowest BCUT2D eigenvalue weighted by atomic mass is 10.4. The second-order valence-electron chi connectivity index (χ2n) is 2.97. The third kappa shape index (κ3) is 4.08. The van der Waals surface area contributed by atoms with Gasteiger partial charge in [-0.25, -0.2) is 4.98 Å². The van der Waals surface area contributed by atoms with Gasteiger partial charge in [0.15, 0.2) is 5.13 Å². The first kappa shape index (κ1) is 12.8. The number of anilines is 1. The zero-order valence-corrected chi connectivity index (χ0v) is 10.5. The number of aryl methyl sites for hydroxylation is 1. The average molecular weight is 256 g/mol. The number of amides is 1. The Labute approximate surface area is 102 Å². The minimum atomic E-state index is -0.0772. The van der Waals surface area contributed by atoms with Crippen molar-refractivity contribution < 1.29 is 4.79 Å². The first-order chi connectivity index (χ1) is 7.63. The van der Waals surface area contributed by atoms with Crippen LogP contribution in [-0.2, 0) is 4.79 Å². The van der Waals surface area contributed by atoms with Crippen molar-refractivity contribution in [3.8, 4) is 6.07 Å². The Kier molecular flexibility index (Phi) is 5.08. The molecule has 0 aliphatic heterocycles. The molecular weight excluding hydrogens is 244 g/mol. The smallest absolute Gasteiger partial charge is 0.230 e. The molecule has 0 fully saturated rings. The summed E-state index contributed by atoms with van der Waals surface area (Å²) in [6.45, 7) is 2.27. The second kappa shape index (κ2) is 6.35. The maximum atomic E-state index is 11.3. The highest BCUT2D eigenvalue weighted by molar-refractivity contribution is 8.01. The summed E-state index contributed by atoms with van der Waals surface area (Å²) in [6.07, 6.45) is 0.336. The van der Waals surface area contributed by atoms with Crippen molar-refractivity contribution in [3.05, 3.63) is 5.69 Å². The van der Waals surface area contributed by atoms with Crippen molar-refractivity contribution in [2.24, 2.45) is 0 Å². The predicted octanol–water partition coefficient (Wildman–Crippen LogP) is 1.16. The number of thiazole rings is 1. The molecule has 0 saturated carbocycles. The Balaban J connectivity index is 2.32. The number of hydrogen-bond acceptors (Lipinski definition) is 6. The summed E-state index contributed by atoms with van der Waals surface area (Å²) in [7, 11) is 0. The third-order valence-electron chi connectivity index (χ3n) is 1.66. The highest BCUT2D eigenvalue weighted by Crippen LogP contribution is 2.30. The number of thioether (sulfide) groups is 1. The van der Waals surface area contributed by atoms with Crippen LogP contribution < -0.4 is 11.1 Å². The van der Waals surface area contributed by atoms with Crippen LogP contribution in [0.3, 0.4) is 0 Å². The van der Waals surface area contributed by atoms with Crippen molar-refractivity contribution >= 4 is 34.1 Å². The van der Waals surface area contributed by atoms with E-state index in [0.29, 0.717) is 23.8 Å². The Bertz CT molecular complexity index is 410. The maximum Gasteiger partial charge on any atom is 0.230 e. The summed E-state index contributed by atoms with van der Waals surface area (Å²) in [6, 6.07) is 1.96. The van der Waals surface area contributed by atoms with Crippen molar-refractivity contribution in [2.45, 2.75) is 17.6 Å². The van der Waals surface area contributed by atoms with Gasteiger partial charge in [-0.1, -0.05) is 11.3 Å². The monoisotopic (exact) mass is 256 g/mol. The topological polar surface area (TPSA) is 91.8 Å². The Morgan fingerprint density at radius 2 is 2.50 bits per heavy atom. The van der Waals surface area contributed by atoms with E-state index in [1.807, 2.05) is 13.0 Å². The minimum absolute atomic E-state index is 0.0772. The van der Waals surface area contributed by atoms with Crippen LogP contribution in [0.4, 0.5) is 5.13 Å². The summed E-state index contributed by atoms with van der Waals surface area (Å²) < 4.78 is 0.966. The number of aromatic nitrogens is 1. The molecule has 1 amide bonds. The van der Waals surface area contributed by atoms with Crippen molar-refractivity contribution in [2.75, 3.05) is 18.0 Å². The second-order valence-corrected chi connectivity index (χ2v) is 5.25. The van der Waals surface area contributed by atoms with Gasteiger partial charge in [0, 0.05) is 6.54 Å². The number of nitrogens with zero attached hydrogens (tertiary/aromatic N) is 2. The van der Waals surface area contributed by atoms with Crippen LogP contribution in [0.1, 0.15) is 12.1 Å². The number of nitrogens with two attached hydrogens (primary N) is 1. The normalized spacial score (nSPS) is 9.75. The van der Waals surface area contributed by atoms with E-state index in [1.54, 1.807) is 0 Å². The first-order valence-corrected chi connectivity index (χ1v) is 6.43. The summed E-state index contributed by atoms with van der Waals surface area (Å²) in [5.74, 6) is 0.250. The number of nitrogen functional groups attached to an aromatic ring is 1. The molecule has 0 unspecified atom stereocenters. The molecule has 1 aromatic heterocycles. The molecule has 1 heterocycles. The molecule has 1 aromatic rings. The molecule has 0 aliphatic rings. The van der Waals surface area contributed by atoms with Gasteiger partial charge >= 0.3 is 0 Å². The van der Waals surface area contributed by atoms with Gasteiger partial charge in [-0.05, 0) is 6.92 Å². The quantitative estimate of drug-likeness (QED) is 0.609. The number of rotatable bonds is 5. The lowest BCUT2D eigenvalue weighted by Gasteiger charge is -2.01. The highest BCUT2D eigenvalue weighted by atomic mass is 32.2. The lowest BCUT2D eigenvalue weighted by molar-refractivity contribution is -0.118. The van der Waals surface area contributed by atoms with Gasteiger partial charge in [-0.15, -0.1) is 11.8 Å². The van der Waals surface area contributed by atoms with Crippen LogP contribution in [0.5, 0.6) is 0 Å². The lowest BCUT2D eigenvalue weighted by Crippen LogP contribution is -2.25. The van der Waals surface area contributed by atoms with Gasteiger partial charge in [-0.2, -0.15) is 5.26 Å². The minimum Gasteiger partial charge on any atom is -0.375 e. The van der Waals surface area contributed by atoms with E-state index >= 15 is 0 Å². The van der Waals surface area contributed by atoms with Gasteiger partial charge in [0.1, 0.15) is 0 Å². The molecule has 0 aromatic carbocycles. The molecule has 7 heteroatoms. The van der Waals surface area contributed by atoms with Crippen LogP contribution in [0.15, 0.2) is 4.21 Å². The number of nitrogens with one attached hydrogen (secondary N) is 1. The molecule has 0 saturated heterocycles. The fraction of sp³-hybridized carbons (Fsp3) is 0.444. The maximum absolute atomic E-state index is 11.3. The number of hydrogen-bond donors (Lipinski definition) is 2. The molecule has 1 rings (SSSR count). The average Bonchev–Trinajstić information content (AvgIpc) is 2.55. The Hall–Kier alpha value is -1.26. The fourth-order valence-corrected chi connectivity index (χ4v) is 2.83. The number of carbonyl (C=O) groups excluding carboxylic acids is 1.